The standard InChI is InChI=1S/C13H22OS/c1-4-5-6-7-10-13(3,14)12-9-8-11(2)15-12/h8-9,14H,4-7,10H2,1-3H3. The second-order valence-corrected chi connectivity index (χ2v) is 5.78. The minimum atomic E-state index is -0.618. The molecule has 86 valence electrons. The van der Waals surface area contributed by atoms with Crippen LogP contribution in [0.25, 0.3) is 0 Å². The number of aliphatic hydroxyl groups is 1. The van der Waals surface area contributed by atoms with Gasteiger partial charge < -0.3 is 5.11 Å². The van der Waals surface area contributed by atoms with Crippen LogP contribution in [0.3, 0.4) is 0 Å². The Hall–Kier alpha value is -0.340. The molecule has 1 N–H and O–H groups in total. The van der Waals surface area contributed by atoms with Gasteiger partial charge in [-0.2, -0.15) is 0 Å². The normalized spacial score (nSPS) is 15.2. The van der Waals surface area contributed by atoms with E-state index < -0.39 is 5.60 Å². The predicted molar refractivity (Wildman–Crippen MR) is 67.4 cm³/mol. The first-order chi connectivity index (χ1) is 7.06. The largest absolute Gasteiger partial charge is 0.385 e. The summed E-state index contributed by atoms with van der Waals surface area (Å²) in [6.45, 7) is 6.23. The molecule has 1 aromatic rings. The van der Waals surface area contributed by atoms with Crippen molar-refractivity contribution in [3.63, 3.8) is 0 Å². The average Bonchev–Trinajstić information content (AvgIpc) is 2.60. The Labute approximate surface area is 97.2 Å². The monoisotopic (exact) mass is 226 g/mol. The molecule has 0 saturated heterocycles. The van der Waals surface area contributed by atoms with E-state index in [1.165, 1.54) is 24.1 Å². The van der Waals surface area contributed by atoms with Crippen LogP contribution in [0.15, 0.2) is 12.1 Å². The van der Waals surface area contributed by atoms with E-state index in [4.69, 9.17) is 0 Å². The van der Waals surface area contributed by atoms with E-state index in [1.807, 2.05) is 6.92 Å². The summed E-state index contributed by atoms with van der Waals surface area (Å²) in [5.74, 6) is 0. The smallest absolute Gasteiger partial charge is 0.0960 e. The zero-order chi connectivity index (χ0) is 11.3. The summed E-state index contributed by atoms with van der Waals surface area (Å²) in [5.41, 5.74) is -0.618. The lowest BCUT2D eigenvalue weighted by molar-refractivity contribution is 0.0486. The summed E-state index contributed by atoms with van der Waals surface area (Å²) in [7, 11) is 0. The number of hydrogen-bond acceptors (Lipinski definition) is 2. The molecule has 1 unspecified atom stereocenters. The summed E-state index contributed by atoms with van der Waals surface area (Å²) in [6.07, 6.45) is 5.77. The minimum Gasteiger partial charge on any atom is -0.385 e. The first kappa shape index (κ1) is 12.7. The quantitative estimate of drug-likeness (QED) is 0.720. The average molecular weight is 226 g/mol. The van der Waals surface area contributed by atoms with Crippen LogP contribution in [0.1, 0.15) is 55.7 Å². The first-order valence-electron chi connectivity index (χ1n) is 5.85. The van der Waals surface area contributed by atoms with Crippen LogP contribution in [0.4, 0.5) is 0 Å². The van der Waals surface area contributed by atoms with Gasteiger partial charge in [-0.1, -0.05) is 32.6 Å². The maximum Gasteiger partial charge on any atom is 0.0960 e. The van der Waals surface area contributed by atoms with E-state index in [1.54, 1.807) is 11.3 Å². The van der Waals surface area contributed by atoms with Crippen LogP contribution in [0.5, 0.6) is 0 Å². The van der Waals surface area contributed by atoms with Crippen molar-refractivity contribution in [1.29, 1.82) is 0 Å². The number of aryl methyl sites for hydroxylation is 1. The lowest BCUT2D eigenvalue weighted by Crippen LogP contribution is -2.19. The third kappa shape index (κ3) is 3.96. The molecular formula is C13H22OS. The van der Waals surface area contributed by atoms with Gasteiger partial charge in [-0.25, -0.2) is 0 Å². The molecule has 0 radical (unpaired) electrons. The van der Waals surface area contributed by atoms with Gasteiger partial charge >= 0.3 is 0 Å². The third-order valence-corrected chi connectivity index (χ3v) is 4.04. The maximum absolute atomic E-state index is 10.3. The van der Waals surface area contributed by atoms with E-state index in [0.29, 0.717) is 0 Å². The molecular weight excluding hydrogens is 204 g/mol. The molecule has 0 saturated carbocycles. The van der Waals surface area contributed by atoms with Crippen molar-refractivity contribution in [2.75, 3.05) is 0 Å². The highest BCUT2D eigenvalue weighted by atomic mass is 32.1. The van der Waals surface area contributed by atoms with Gasteiger partial charge in [-0.15, -0.1) is 11.3 Å². The summed E-state index contributed by atoms with van der Waals surface area (Å²) in [5, 5.41) is 10.3. The van der Waals surface area contributed by atoms with Crippen molar-refractivity contribution < 1.29 is 5.11 Å². The van der Waals surface area contributed by atoms with Gasteiger partial charge in [0, 0.05) is 9.75 Å². The number of unbranched alkanes of at least 4 members (excludes halogenated alkanes) is 3. The Morgan fingerprint density at radius 1 is 1.27 bits per heavy atom. The molecule has 0 aliphatic heterocycles. The van der Waals surface area contributed by atoms with Crippen molar-refractivity contribution in [3.05, 3.63) is 21.9 Å². The summed E-state index contributed by atoms with van der Waals surface area (Å²) in [4.78, 5) is 2.38. The summed E-state index contributed by atoms with van der Waals surface area (Å²) >= 11 is 1.71. The highest BCUT2D eigenvalue weighted by molar-refractivity contribution is 7.12. The second-order valence-electron chi connectivity index (χ2n) is 4.49. The van der Waals surface area contributed by atoms with E-state index in [2.05, 4.69) is 26.0 Å². The topological polar surface area (TPSA) is 20.2 Å². The molecule has 0 spiro atoms. The predicted octanol–water partition coefficient (Wildman–Crippen LogP) is 4.23. The van der Waals surface area contributed by atoms with Crippen molar-refractivity contribution in [1.82, 2.24) is 0 Å². The van der Waals surface area contributed by atoms with Crippen molar-refractivity contribution >= 4 is 11.3 Å². The molecule has 0 aliphatic carbocycles. The van der Waals surface area contributed by atoms with Crippen LogP contribution >= 0.6 is 11.3 Å². The number of hydrogen-bond donors (Lipinski definition) is 1. The van der Waals surface area contributed by atoms with Gasteiger partial charge in [0.15, 0.2) is 0 Å². The van der Waals surface area contributed by atoms with E-state index in [9.17, 15) is 5.11 Å². The second kappa shape index (κ2) is 5.66. The zero-order valence-corrected chi connectivity index (χ0v) is 10.9. The van der Waals surface area contributed by atoms with Crippen molar-refractivity contribution in [2.24, 2.45) is 0 Å². The lowest BCUT2D eigenvalue weighted by Gasteiger charge is -2.21. The molecule has 1 heterocycles. The fourth-order valence-electron chi connectivity index (χ4n) is 1.74. The summed E-state index contributed by atoms with van der Waals surface area (Å²) in [6, 6.07) is 4.14. The van der Waals surface area contributed by atoms with Crippen LogP contribution in [0, 0.1) is 6.92 Å². The molecule has 2 heteroatoms. The van der Waals surface area contributed by atoms with Crippen molar-refractivity contribution in [3.8, 4) is 0 Å². The fraction of sp³-hybridized carbons (Fsp3) is 0.692. The van der Waals surface area contributed by atoms with Crippen LogP contribution in [-0.4, -0.2) is 5.11 Å². The van der Waals surface area contributed by atoms with Gasteiger partial charge in [0.05, 0.1) is 5.60 Å². The fourth-order valence-corrected chi connectivity index (χ4v) is 2.68. The van der Waals surface area contributed by atoms with E-state index in [-0.39, 0.29) is 0 Å². The Kier molecular flexibility index (Phi) is 4.81. The Morgan fingerprint density at radius 3 is 2.53 bits per heavy atom. The van der Waals surface area contributed by atoms with Gasteiger partial charge in [0.25, 0.3) is 0 Å². The SMILES string of the molecule is CCCCCCC(C)(O)c1ccc(C)s1. The third-order valence-electron chi connectivity index (χ3n) is 2.79. The van der Waals surface area contributed by atoms with Crippen LogP contribution in [0.2, 0.25) is 0 Å². The molecule has 1 rings (SSSR count). The Morgan fingerprint density at radius 2 is 2.00 bits per heavy atom. The number of rotatable bonds is 6. The van der Waals surface area contributed by atoms with Crippen molar-refractivity contribution in [2.45, 2.75) is 58.5 Å². The molecule has 0 bridgehead atoms. The van der Waals surface area contributed by atoms with Gasteiger partial charge in [-0.05, 0) is 32.4 Å². The zero-order valence-electron chi connectivity index (χ0n) is 10.0. The minimum absolute atomic E-state index is 0.618. The molecule has 0 fully saturated rings. The highest BCUT2D eigenvalue weighted by Gasteiger charge is 2.23. The Bertz CT molecular complexity index is 288. The molecule has 1 aromatic heterocycles. The molecule has 15 heavy (non-hydrogen) atoms. The van der Waals surface area contributed by atoms with Gasteiger partial charge in [0.1, 0.15) is 0 Å². The number of thiophene rings is 1. The van der Waals surface area contributed by atoms with E-state index in [0.717, 1.165) is 17.7 Å². The van der Waals surface area contributed by atoms with E-state index >= 15 is 0 Å². The summed E-state index contributed by atoms with van der Waals surface area (Å²) < 4.78 is 0. The van der Waals surface area contributed by atoms with Gasteiger partial charge in [0.2, 0.25) is 0 Å². The van der Waals surface area contributed by atoms with Crippen LogP contribution in [-0.2, 0) is 5.60 Å². The first-order valence-corrected chi connectivity index (χ1v) is 6.67. The van der Waals surface area contributed by atoms with Gasteiger partial charge in [-0.3, -0.25) is 0 Å². The Balaban J connectivity index is 2.44. The molecule has 0 amide bonds. The molecule has 0 aromatic carbocycles. The maximum atomic E-state index is 10.3. The molecule has 0 aliphatic rings. The molecule has 1 nitrogen and oxygen atoms in total. The lowest BCUT2D eigenvalue weighted by atomic mass is 9.96. The molecule has 1 atom stereocenters. The van der Waals surface area contributed by atoms with Crippen LogP contribution < -0.4 is 0 Å². The highest BCUT2D eigenvalue weighted by Crippen LogP contribution is 2.32.